The van der Waals surface area contributed by atoms with Crippen molar-refractivity contribution < 1.29 is 9.59 Å². The molecule has 0 saturated carbocycles. The van der Waals surface area contributed by atoms with Crippen LogP contribution in [0.25, 0.3) is 0 Å². The lowest BCUT2D eigenvalue weighted by atomic mass is 10.2. The van der Waals surface area contributed by atoms with E-state index < -0.39 is 0 Å². The lowest BCUT2D eigenvalue weighted by molar-refractivity contribution is -0.117. The van der Waals surface area contributed by atoms with E-state index in [4.69, 9.17) is 0 Å². The van der Waals surface area contributed by atoms with Crippen LogP contribution in [0, 0.1) is 0 Å². The quantitative estimate of drug-likeness (QED) is 0.767. The van der Waals surface area contributed by atoms with Gasteiger partial charge >= 0.3 is 6.03 Å². The third-order valence-corrected chi connectivity index (χ3v) is 3.68. The monoisotopic (exact) mass is 274 g/mol. The van der Waals surface area contributed by atoms with Gasteiger partial charge in [-0.2, -0.15) is 0 Å². The van der Waals surface area contributed by atoms with Gasteiger partial charge in [-0.15, -0.1) is 0 Å². The number of nitrogens with one attached hydrogen (secondary N) is 3. The molecule has 1 aromatic rings. The Hall–Kier alpha value is -2.08. The van der Waals surface area contributed by atoms with E-state index in [9.17, 15) is 9.59 Å². The Morgan fingerprint density at radius 3 is 2.65 bits per heavy atom. The van der Waals surface area contributed by atoms with Gasteiger partial charge in [-0.05, 0) is 43.7 Å². The molecule has 6 heteroatoms. The van der Waals surface area contributed by atoms with Gasteiger partial charge in [0.25, 0.3) is 0 Å². The van der Waals surface area contributed by atoms with Crippen molar-refractivity contribution in [3.63, 3.8) is 0 Å². The predicted molar refractivity (Wildman–Crippen MR) is 76.8 cm³/mol. The van der Waals surface area contributed by atoms with Crippen LogP contribution in [0.15, 0.2) is 24.3 Å². The summed E-state index contributed by atoms with van der Waals surface area (Å²) in [5, 5.41) is 8.82. The van der Waals surface area contributed by atoms with Gasteiger partial charge in [0.05, 0.1) is 6.04 Å². The first kappa shape index (κ1) is 12.9. The molecule has 0 bridgehead atoms. The first-order valence-corrected chi connectivity index (χ1v) is 6.94. The van der Waals surface area contributed by atoms with Crippen LogP contribution in [0.2, 0.25) is 0 Å². The average Bonchev–Trinajstić information content (AvgIpc) is 3.11. The number of carbonyl (C=O) groups is 2. The molecular weight excluding hydrogens is 256 g/mol. The number of amides is 3. The Balaban J connectivity index is 1.63. The molecule has 0 aliphatic carbocycles. The first-order chi connectivity index (χ1) is 9.74. The van der Waals surface area contributed by atoms with E-state index >= 15 is 0 Å². The third kappa shape index (κ3) is 2.60. The maximum atomic E-state index is 12.0. The number of rotatable bonds is 3. The molecule has 2 aliphatic heterocycles. The molecule has 3 N–H and O–H groups in total. The van der Waals surface area contributed by atoms with Gasteiger partial charge in [0.2, 0.25) is 5.91 Å². The van der Waals surface area contributed by atoms with Crippen molar-refractivity contribution in [2.45, 2.75) is 18.9 Å². The minimum atomic E-state index is -0.0842. The zero-order chi connectivity index (χ0) is 13.9. The van der Waals surface area contributed by atoms with Crippen LogP contribution in [0.5, 0.6) is 0 Å². The van der Waals surface area contributed by atoms with E-state index in [0.29, 0.717) is 13.1 Å². The fourth-order valence-corrected chi connectivity index (χ4v) is 2.58. The number of anilines is 2. The summed E-state index contributed by atoms with van der Waals surface area (Å²) < 4.78 is 0. The molecule has 3 amide bonds. The highest BCUT2D eigenvalue weighted by Crippen LogP contribution is 2.20. The van der Waals surface area contributed by atoms with Crippen molar-refractivity contribution >= 4 is 23.3 Å². The van der Waals surface area contributed by atoms with Gasteiger partial charge < -0.3 is 16.0 Å². The van der Waals surface area contributed by atoms with Crippen LogP contribution in [0.3, 0.4) is 0 Å². The Bertz CT molecular complexity index is 508. The highest BCUT2D eigenvalue weighted by molar-refractivity contribution is 5.96. The Morgan fingerprint density at radius 1 is 1.25 bits per heavy atom. The largest absolute Gasteiger partial charge is 0.336 e. The van der Waals surface area contributed by atoms with Gasteiger partial charge in [0.15, 0.2) is 0 Å². The maximum Gasteiger partial charge on any atom is 0.321 e. The summed E-state index contributed by atoms with van der Waals surface area (Å²) in [5.41, 5.74) is 1.60. The smallest absolute Gasteiger partial charge is 0.321 e. The van der Waals surface area contributed by atoms with Crippen LogP contribution >= 0.6 is 0 Å². The first-order valence-electron chi connectivity index (χ1n) is 6.94. The Labute approximate surface area is 117 Å². The molecule has 0 aromatic heterocycles. The summed E-state index contributed by atoms with van der Waals surface area (Å²) in [6.07, 6.45) is 1.93. The number of urea groups is 1. The molecule has 2 fully saturated rings. The van der Waals surface area contributed by atoms with Crippen molar-refractivity contribution in [2.24, 2.45) is 0 Å². The second kappa shape index (κ2) is 5.50. The summed E-state index contributed by atoms with van der Waals surface area (Å²) in [7, 11) is 0. The molecule has 20 heavy (non-hydrogen) atoms. The predicted octanol–water partition coefficient (Wildman–Crippen LogP) is 0.907. The normalized spacial score (nSPS) is 21.9. The van der Waals surface area contributed by atoms with Gasteiger partial charge in [-0.25, -0.2) is 4.79 Å². The summed E-state index contributed by atoms with van der Waals surface area (Å²) in [4.78, 5) is 25.2. The molecule has 1 aromatic carbocycles. The fraction of sp³-hybridized carbons (Fsp3) is 0.429. The standard InChI is InChI=1S/C14H18N4O2/c19-13(12-2-1-7-15-12)17-10-3-5-11(6-4-10)18-9-8-16-14(18)20/h3-6,12,15H,1-2,7-9H2,(H,16,20)(H,17,19)/t12-/m1/s1. The Kier molecular flexibility index (Phi) is 3.56. The van der Waals surface area contributed by atoms with Crippen molar-refractivity contribution in [1.29, 1.82) is 0 Å². The lowest BCUT2D eigenvalue weighted by Crippen LogP contribution is -2.35. The molecule has 106 valence electrons. The molecule has 2 saturated heterocycles. The summed E-state index contributed by atoms with van der Waals surface area (Å²) in [5.74, 6) is 0.00849. The fourth-order valence-electron chi connectivity index (χ4n) is 2.58. The van der Waals surface area contributed by atoms with Gasteiger partial charge in [0, 0.05) is 24.5 Å². The number of carbonyl (C=O) groups excluding carboxylic acids is 2. The van der Waals surface area contributed by atoms with E-state index in [-0.39, 0.29) is 18.0 Å². The average molecular weight is 274 g/mol. The number of hydrogen-bond acceptors (Lipinski definition) is 3. The molecule has 1 atom stereocenters. The second-order valence-corrected chi connectivity index (χ2v) is 5.07. The number of benzene rings is 1. The second-order valence-electron chi connectivity index (χ2n) is 5.07. The Morgan fingerprint density at radius 2 is 2.05 bits per heavy atom. The van der Waals surface area contributed by atoms with E-state index in [2.05, 4.69) is 16.0 Å². The molecule has 6 nitrogen and oxygen atoms in total. The highest BCUT2D eigenvalue weighted by atomic mass is 16.2. The summed E-state index contributed by atoms with van der Waals surface area (Å²) in [6.45, 7) is 2.25. The van der Waals surface area contributed by atoms with Crippen LogP contribution in [0.1, 0.15) is 12.8 Å². The minimum Gasteiger partial charge on any atom is -0.336 e. The summed E-state index contributed by atoms with van der Waals surface area (Å²) >= 11 is 0. The van der Waals surface area contributed by atoms with Crippen LogP contribution < -0.4 is 20.9 Å². The van der Waals surface area contributed by atoms with E-state index in [1.165, 1.54) is 0 Å². The lowest BCUT2D eigenvalue weighted by Gasteiger charge is -2.15. The van der Waals surface area contributed by atoms with Crippen LogP contribution in [0.4, 0.5) is 16.2 Å². The summed E-state index contributed by atoms with van der Waals surface area (Å²) in [6, 6.07) is 7.20. The minimum absolute atomic E-state index is 0.00849. The highest BCUT2D eigenvalue weighted by Gasteiger charge is 2.23. The van der Waals surface area contributed by atoms with Crippen molar-refractivity contribution in [3.05, 3.63) is 24.3 Å². The van der Waals surface area contributed by atoms with Crippen LogP contribution in [-0.2, 0) is 4.79 Å². The third-order valence-electron chi connectivity index (χ3n) is 3.68. The molecule has 0 unspecified atom stereocenters. The molecule has 0 radical (unpaired) electrons. The SMILES string of the molecule is O=C(Nc1ccc(N2CCNC2=O)cc1)[C@H]1CCCN1. The zero-order valence-corrected chi connectivity index (χ0v) is 11.2. The van der Waals surface area contributed by atoms with Crippen molar-refractivity contribution in [3.8, 4) is 0 Å². The maximum absolute atomic E-state index is 12.0. The van der Waals surface area contributed by atoms with Gasteiger partial charge in [-0.1, -0.05) is 0 Å². The number of hydrogen-bond donors (Lipinski definition) is 3. The zero-order valence-electron chi connectivity index (χ0n) is 11.2. The van der Waals surface area contributed by atoms with Crippen LogP contribution in [-0.4, -0.2) is 37.6 Å². The van der Waals surface area contributed by atoms with Gasteiger partial charge in [0.1, 0.15) is 0 Å². The molecule has 2 heterocycles. The van der Waals surface area contributed by atoms with Crippen molar-refractivity contribution in [1.82, 2.24) is 10.6 Å². The van der Waals surface area contributed by atoms with E-state index in [1.807, 2.05) is 24.3 Å². The van der Waals surface area contributed by atoms with E-state index in [0.717, 1.165) is 30.8 Å². The van der Waals surface area contributed by atoms with Gasteiger partial charge in [-0.3, -0.25) is 9.69 Å². The molecule has 0 spiro atoms. The molecule has 3 rings (SSSR count). The topological polar surface area (TPSA) is 73.5 Å². The van der Waals surface area contributed by atoms with E-state index in [1.54, 1.807) is 4.90 Å². The number of nitrogens with zero attached hydrogens (tertiary/aromatic N) is 1. The molecular formula is C14H18N4O2. The molecule has 2 aliphatic rings. The van der Waals surface area contributed by atoms with Crippen molar-refractivity contribution in [2.75, 3.05) is 29.9 Å².